The summed E-state index contributed by atoms with van der Waals surface area (Å²) in [5.74, 6) is -1.17. The number of fused-ring (bicyclic) bond motifs is 3. The van der Waals surface area contributed by atoms with E-state index in [1.54, 1.807) is 0 Å². The zero-order chi connectivity index (χ0) is 22.1. The number of nitrogens with one attached hydrogen (secondary N) is 2. The number of aryl methyl sites for hydroxylation is 2. The number of aromatic nitrogens is 3. The fraction of sp³-hybridized carbons (Fsp3) is 0.217. The van der Waals surface area contributed by atoms with Crippen molar-refractivity contribution in [1.29, 1.82) is 0 Å². The third-order valence-corrected chi connectivity index (χ3v) is 5.18. The lowest BCUT2D eigenvalue weighted by Gasteiger charge is -2.12. The first-order chi connectivity index (χ1) is 14.8. The zero-order valence-electron chi connectivity index (χ0n) is 17.5. The predicted molar refractivity (Wildman–Crippen MR) is 118 cm³/mol. The molecule has 0 radical (unpaired) electrons. The lowest BCUT2D eigenvalue weighted by molar-refractivity contribution is -0.116. The molecule has 0 bridgehead atoms. The van der Waals surface area contributed by atoms with E-state index in [0.29, 0.717) is 12.1 Å². The summed E-state index contributed by atoms with van der Waals surface area (Å²) in [7, 11) is 0. The van der Waals surface area contributed by atoms with Crippen molar-refractivity contribution < 1.29 is 14.0 Å². The minimum atomic E-state index is -0.564. The molecule has 4 aromatic rings. The van der Waals surface area contributed by atoms with Crippen LogP contribution in [0.25, 0.3) is 16.6 Å². The van der Waals surface area contributed by atoms with E-state index in [0.717, 1.165) is 33.5 Å². The second kappa shape index (κ2) is 8.14. The van der Waals surface area contributed by atoms with Gasteiger partial charge in [0, 0.05) is 35.8 Å². The van der Waals surface area contributed by atoms with Gasteiger partial charge in [-0.2, -0.15) is 5.10 Å². The van der Waals surface area contributed by atoms with Gasteiger partial charge in [-0.15, -0.1) is 0 Å². The number of hydrogen-bond acceptors (Lipinski definition) is 4. The van der Waals surface area contributed by atoms with Gasteiger partial charge in [0.2, 0.25) is 11.8 Å². The third kappa shape index (κ3) is 4.09. The molecule has 0 aliphatic heterocycles. The molecule has 2 aromatic carbocycles. The number of amides is 2. The topological polar surface area (TPSA) is 88.4 Å². The van der Waals surface area contributed by atoms with Crippen LogP contribution in [0.15, 0.2) is 42.5 Å². The summed E-state index contributed by atoms with van der Waals surface area (Å²) >= 11 is 0. The number of carbonyl (C=O) groups is 2. The molecular weight excluding hydrogens is 397 g/mol. The van der Waals surface area contributed by atoms with E-state index in [2.05, 4.69) is 15.7 Å². The van der Waals surface area contributed by atoms with Gasteiger partial charge in [-0.05, 0) is 56.2 Å². The van der Waals surface area contributed by atoms with Gasteiger partial charge in [-0.1, -0.05) is 12.1 Å². The molecule has 0 spiro atoms. The van der Waals surface area contributed by atoms with E-state index < -0.39 is 5.82 Å². The van der Waals surface area contributed by atoms with E-state index in [-0.39, 0.29) is 23.9 Å². The van der Waals surface area contributed by atoms with E-state index >= 15 is 0 Å². The van der Waals surface area contributed by atoms with Crippen LogP contribution in [0.1, 0.15) is 30.3 Å². The van der Waals surface area contributed by atoms with Crippen LogP contribution in [0.4, 0.5) is 15.8 Å². The molecule has 0 aliphatic rings. The van der Waals surface area contributed by atoms with Gasteiger partial charge < -0.3 is 10.6 Å². The second-order valence-corrected chi connectivity index (χ2v) is 7.44. The number of carbonyl (C=O) groups excluding carboxylic acids is 2. The van der Waals surface area contributed by atoms with Gasteiger partial charge in [0.15, 0.2) is 5.65 Å². The molecule has 0 unspecified atom stereocenters. The molecule has 31 heavy (non-hydrogen) atoms. The van der Waals surface area contributed by atoms with Crippen molar-refractivity contribution in [2.75, 3.05) is 10.6 Å². The van der Waals surface area contributed by atoms with E-state index in [9.17, 15) is 14.0 Å². The van der Waals surface area contributed by atoms with Crippen LogP contribution in [0.3, 0.4) is 0 Å². The Morgan fingerprint density at radius 3 is 2.65 bits per heavy atom. The summed E-state index contributed by atoms with van der Waals surface area (Å²) in [6.45, 7) is 5.20. The third-order valence-electron chi connectivity index (χ3n) is 5.18. The van der Waals surface area contributed by atoms with Crippen molar-refractivity contribution in [3.05, 3.63) is 65.2 Å². The minimum Gasteiger partial charge on any atom is -0.326 e. The number of halogens is 1. The van der Waals surface area contributed by atoms with E-state index in [1.165, 1.54) is 25.1 Å². The predicted octanol–water partition coefficient (Wildman–Crippen LogP) is 4.17. The van der Waals surface area contributed by atoms with Gasteiger partial charge >= 0.3 is 0 Å². The average molecular weight is 419 g/mol. The highest BCUT2D eigenvalue weighted by Crippen LogP contribution is 2.23. The first-order valence-electron chi connectivity index (χ1n) is 9.94. The van der Waals surface area contributed by atoms with Crippen molar-refractivity contribution in [2.24, 2.45) is 0 Å². The maximum atomic E-state index is 13.8. The molecule has 2 amide bonds. The maximum absolute atomic E-state index is 13.8. The average Bonchev–Trinajstić information content (AvgIpc) is 3.09. The van der Waals surface area contributed by atoms with Crippen LogP contribution < -0.4 is 10.6 Å². The van der Waals surface area contributed by atoms with Crippen molar-refractivity contribution >= 4 is 39.7 Å². The van der Waals surface area contributed by atoms with Crippen LogP contribution in [0, 0.1) is 19.7 Å². The van der Waals surface area contributed by atoms with Crippen molar-refractivity contribution in [1.82, 2.24) is 14.6 Å². The van der Waals surface area contributed by atoms with Crippen LogP contribution in [0.5, 0.6) is 0 Å². The Bertz CT molecular complexity index is 1330. The molecule has 8 heteroatoms. The van der Waals surface area contributed by atoms with Crippen LogP contribution >= 0.6 is 0 Å². The first-order valence-corrected chi connectivity index (χ1v) is 9.94. The van der Waals surface area contributed by atoms with Crippen LogP contribution in [-0.2, 0) is 16.0 Å². The Hall–Kier alpha value is -3.81. The summed E-state index contributed by atoms with van der Waals surface area (Å²) in [6.07, 6.45) is 0.713. The molecule has 2 aromatic heterocycles. The molecular formula is C23H22FN5O2. The van der Waals surface area contributed by atoms with Crippen molar-refractivity contribution in [3.8, 4) is 0 Å². The SMILES string of the molecule is CC(=O)Nc1cc(NC(=O)CCc2c(C)nc3c4ccccc4nn3c2C)ccc1F. The lowest BCUT2D eigenvalue weighted by atomic mass is 10.1. The van der Waals surface area contributed by atoms with E-state index in [1.807, 2.05) is 42.6 Å². The highest BCUT2D eigenvalue weighted by atomic mass is 19.1. The Morgan fingerprint density at radius 1 is 1.10 bits per heavy atom. The summed E-state index contributed by atoms with van der Waals surface area (Å²) in [6, 6.07) is 11.9. The van der Waals surface area contributed by atoms with Crippen molar-refractivity contribution in [3.63, 3.8) is 0 Å². The standard InChI is InChI=1S/C23H22FN5O2/c1-13-17(14(2)29-23(25-13)18-6-4-5-7-20(18)28-29)9-11-22(31)27-16-8-10-19(24)21(12-16)26-15(3)30/h4-8,10,12H,9,11H2,1-3H3,(H,26,30)(H,27,31). The Labute approximate surface area is 178 Å². The summed E-state index contributed by atoms with van der Waals surface area (Å²) < 4.78 is 15.6. The number of hydrogen-bond donors (Lipinski definition) is 2. The fourth-order valence-electron chi connectivity index (χ4n) is 3.69. The monoisotopic (exact) mass is 419 g/mol. The largest absolute Gasteiger partial charge is 0.326 e. The lowest BCUT2D eigenvalue weighted by Crippen LogP contribution is -2.15. The normalized spacial score (nSPS) is 11.1. The number of nitrogens with zero attached hydrogens (tertiary/aromatic N) is 3. The molecule has 0 fully saturated rings. The van der Waals surface area contributed by atoms with Gasteiger partial charge in [0.05, 0.1) is 11.2 Å². The summed E-state index contributed by atoms with van der Waals surface area (Å²) in [5.41, 5.74) is 4.88. The van der Waals surface area contributed by atoms with E-state index in [4.69, 9.17) is 4.98 Å². The molecule has 2 N–H and O–H groups in total. The maximum Gasteiger partial charge on any atom is 0.224 e. The molecule has 7 nitrogen and oxygen atoms in total. The van der Waals surface area contributed by atoms with Crippen LogP contribution in [-0.4, -0.2) is 26.4 Å². The van der Waals surface area contributed by atoms with Gasteiger partial charge in [0.25, 0.3) is 0 Å². The number of anilines is 2. The Kier molecular flexibility index (Phi) is 5.37. The molecule has 0 saturated heterocycles. The van der Waals surface area contributed by atoms with Crippen molar-refractivity contribution in [2.45, 2.75) is 33.6 Å². The fourth-order valence-corrected chi connectivity index (χ4v) is 3.69. The highest BCUT2D eigenvalue weighted by molar-refractivity contribution is 5.94. The molecule has 158 valence electrons. The first kappa shape index (κ1) is 20.5. The number of benzene rings is 2. The number of rotatable bonds is 5. The zero-order valence-corrected chi connectivity index (χ0v) is 17.5. The molecule has 0 saturated carbocycles. The van der Waals surface area contributed by atoms with Gasteiger partial charge in [-0.3, -0.25) is 9.59 Å². The molecule has 0 aliphatic carbocycles. The molecule has 0 atom stereocenters. The Morgan fingerprint density at radius 2 is 1.87 bits per heavy atom. The van der Waals surface area contributed by atoms with Gasteiger partial charge in [-0.25, -0.2) is 13.9 Å². The van der Waals surface area contributed by atoms with Gasteiger partial charge in [0.1, 0.15) is 5.82 Å². The molecule has 4 rings (SSSR count). The second-order valence-electron chi connectivity index (χ2n) is 7.44. The minimum absolute atomic E-state index is 0.0254. The Balaban J connectivity index is 1.52. The molecule has 2 heterocycles. The summed E-state index contributed by atoms with van der Waals surface area (Å²) in [4.78, 5) is 28.4. The van der Waals surface area contributed by atoms with Crippen LogP contribution in [0.2, 0.25) is 0 Å². The smallest absolute Gasteiger partial charge is 0.224 e. The summed E-state index contributed by atoms with van der Waals surface area (Å²) in [5, 5.41) is 10.8. The highest BCUT2D eigenvalue weighted by Gasteiger charge is 2.15. The quantitative estimate of drug-likeness (QED) is 0.508.